The molecular formula is C18H15N3O2. The molecule has 114 valence electrons. The molecule has 0 aliphatic carbocycles. The number of aromatic nitrogens is 2. The zero-order chi connectivity index (χ0) is 15.8. The van der Waals surface area contributed by atoms with Crippen LogP contribution < -0.4 is 5.32 Å². The fourth-order valence-electron chi connectivity index (χ4n) is 2.59. The van der Waals surface area contributed by atoms with Crippen molar-refractivity contribution in [1.82, 2.24) is 9.97 Å². The summed E-state index contributed by atoms with van der Waals surface area (Å²) in [5.74, 6) is 1.44. The molecular weight excluding hydrogens is 290 g/mol. The van der Waals surface area contributed by atoms with Gasteiger partial charge in [0.05, 0.1) is 5.69 Å². The van der Waals surface area contributed by atoms with Gasteiger partial charge in [0.15, 0.2) is 11.4 Å². The Hall–Kier alpha value is -3.08. The molecule has 2 heterocycles. The molecule has 0 aliphatic heterocycles. The van der Waals surface area contributed by atoms with E-state index in [0.29, 0.717) is 23.5 Å². The SMILES string of the molecule is CCc1nc(Nc2ccccc2O)c2oc3ccccc3c2n1. The van der Waals surface area contributed by atoms with Gasteiger partial charge in [-0.1, -0.05) is 31.2 Å². The highest BCUT2D eigenvalue weighted by atomic mass is 16.3. The van der Waals surface area contributed by atoms with Crippen molar-refractivity contribution in [2.45, 2.75) is 13.3 Å². The summed E-state index contributed by atoms with van der Waals surface area (Å²) >= 11 is 0. The summed E-state index contributed by atoms with van der Waals surface area (Å²) in [6.07, 6.45) is 0.713. The van der Waals surface area contributed by atoms with Crippen molar-refractivity contribution in [1.29, 1.82) is 0 Å². The van der Waals surface area contributed by atoms with Crippen LogP contribution in [0, 0.1) is 0 Å². The fourth-order valence-corrected chi connectivity index (χ4v) is 2.59. The molecule has 0 amide bonds. The molecule has 0 spiro atoms. The maximum Gasteiger partial charge on any atom is 0.196 e. The molecule has 0 fully saturated rings. The molecule has 0 saturated carbocycles. The number of aryl methyl sites for hydroxylation is 1. The van der Waals surface area contributed by atoms with Crippen LogP contribution in [-0.2, 0) is 6.42 Å². The number of fused-ring (bicyclic) bond motifs is 3. The quantitative estimate of drug-likeness (QED) is 0.549. The molecule has 0 bridgehead atoms. The van der Waals surface area contributed by atoms with E-state index >= 15 is 0 Å². The lowest BCUT2D eigenvalue weighted by Gasteiger charge is -2.08. The highest BCUT2D eigenvalue weighted by Gasteiger charge is 2.16. The zero-order valence-electron chi connectivity index (χ0n) is 12.6. The summed E-state index contributed by atoms with van der Waals surface area (Å²) < 4.78 is 5.93. The molecule has 5 heteroatoms. The smallest absolute Gasteiger partial charge is 0.196 e. The predicted molar refractivity (Wildman–Crippen MR) is 90.1 cm³/mol. The Bertz CT molecular complexity index is 1010. The van der Waals surface area contributed by atoms with Crippen LogP contribution in [0.15, 0.2) is 52.9 Å². The Morgan fingerprint density at radius 3 is 2.65 bits per heavy atom. The molecule has 4 rings (SSSR count). The van der Waals surface area contributed by atoms with E-state index in [-0.39, 0.29) is 5.75 Å². The van der Waals surface area contributed by atoms with Gasteiger partial charge in [-0.3, -0.25) is 0 Å². The average Bonchev–Trinajstić information content (AvgIpc) is 2.96. The number of nitrogens with zero attached hydrogens (tertiary/aromatic N) is 2. The topological polar surface area (TPSA) is 71.2 Å². The van der Waals surface area contributed by atoms with E-state index in [1.54, 1.807) is 18.2 Å². The standard InChI is InChI=1S/C18H15N3O2/c1-2-15-20-16-11-7-3-6-10-14(11)23-17(16)18(21-15)19-12-8-4-5-9-13(12)22/h3-10,22H,2H2,1H3,(H,19,20,21). The molecule has 0 aliphatic rings. The van der Waals surface area contributed by atoms with Crippen LogP contribution in [0.2, 0.25) is 0 Å². The van der Waals surface area contributed by atoms with Gasteiger partial charge < -0.3 is 14.8 Å². The summed E-state index contributed by atoms with van der Waals surface area (Å²) in [5, 5.41) is 14.1. The van der Waals surface area contributed by atoms with E-state index < -0.39 is 0 Å². The number of hydrogen-bond acceptors (Lipinski definition) is 5. The second kappa shape index (κ2) is 5.28. The second-order valence-electron chi connectivity index (χ2n) is 5.26. The first kappa shape index (κ1) is 13.6. The van der Waals surface area contributed by atoms with Crippen LogP contribution in [0.1, 0.15) is 12.7 Å². The van der Waals surface area contributed by atoms with Gasteiger partial charge in [0.25, 0.3) is 0 Å². The molecule has 0 radical (unpaired) electrons. The van der Waals surface area contributed by atoms with Crippen molar-refractivity contribution in [2.75, 3.05) is 5.32 Å². The molecule has 2 aromatic heterocycles. The Balaban J connectivity index is 1.96. The van der Waals surface area contributed by atoms with Gasteiger partial charge >= 0.3 is 0 Å². The number of rotatable bonds is 3. The summed E-state index contributed by atoms with van der Waals surface area (Å²) in [6, 6.07) is 14.8. The van der Waals surface area contributed by atoms with E-state index in [1.165, 1.54) is 0 Å². The maximum absolute atomic E-state index is 9.97. The summed E-state index contributed by atoms with van der Waals surface area (Å²) in [5.41, 5.74) is 2.72. The average molecular weight is 305 g/mol. The van der Waals surface area contributed by atoms with E-state index in [4.69, 9.17) is 4.42 Å². The van der Waals surface area contributed by atoms with E-state index in [9.17, 15) is 5.11 Å². The van der Waals surface area contributed by atoms with Crippen LogP contribution in [0.25, 0.3) is 22.1 Å². The number of nitrogens with one attached hydrogen (secondary N) is 1. The lowest BCUT2D eigenvalue weighted by molar-refractivity contribution is 0.477. The number of hydrogen-bond donors (Lipinski definition) is 2. The lowest BCUT2D eigenvalue weighted by atomic mass is 10.2. The van der Waals surface area contributed by atoms with Crippen molar-refractivity contribution in [3.63, 3.8) is 0 Å². The van der Waals surface area contributed by atoms with Crippen LogP contribution in [-0.4, -0.2) is 15.1 Å². The highest BCUT2D eigenvalue weighted by Crippen LogP contribution is 2.34. The minimum absolute atomic E-state index is 0.161. The molecule has 0 unspecified atom stereocenters. The first-order valence-electron chi connectivity index (χ1n) is 7.49. The van der Waals surface area contributed by atoms with E-state index in [2.05, 4.69) is 15.3 Å². The third-order valence-corrected chi connectivity index (χ3v) is 3.74. The van der Waals surface area contributed by atoms with Gasteiger partial charge in [0.2, 0.25) is 0 Å². The third kappa shape index (κ3) is 2.26. The summed E-state index contributed by atoms with van der Waals surface area (Å²) in [4.78, 5) is 9.12. The normalized spacial score (nSPS) is 11.2. The predicted octanol–water partition coefficient (Wildman–Crippen LogP) is 4.39. The number of furan rings is 1. The lowest BCUT2D eigenvalue weighted by Crippen LogP contribution is -2.00. The van der Waals surface area contributed by atoms with Crippen molar-refractivity contribution in [3.8, 4) is 5.75 Å². The largest absolute Gasteiger partial charge is 0.506 e. The number of para-hydroxylation sites is 3. The number of aromatic hydroxyl groups is 1. The van der Waals surface area contributed by atoms with Gasteiger partial charge in [-0.15, -0.1) is 0 Å². The Morgan fingerprint density at radius 2 is 1.83 bits per heavy atom. The number of phenols is 1. The van der Waals surface area contributed by atoms with Gasteiger partial charge in [0, 0.05) is 11.8 Å². The van der Waals surface area contributed by atoms with Gasteiger partial charge in [-0.05, 0) is 24.3 Å². The zero-order valence-corrected chi connectivity index (χ0v) is 12.6. The van der Waals surface area contributed by atoms with E-state index in [1.807, 2.05) is 37.3 Å². The molecule has 0 saturated heterocycles. The van der Waals surface area contributed by atoms with E-state index in [0.717, 1.165) is 22.3 Å². The van der Waals surface area contributed by atoms with Crippen molar-refractivity contribution >= 4 is 33.6 Å². The number of anilines is 2. The maximum atomic E-state index is 9.97. The van der Waals surface area contributed by atoms with Crippen molar-refractivity contribution < 1.29 is 9.52 Å². The molecule has 5 nitrogen and oxygen atoms in total. The highest BCUT2D eigenvalue weighted by molar-refractivity contribution is 6.06. The van der Waals surface area contributed by atoms with Crippen LogP contribution in [0.3, 0.4) is 0 Å². The van der Waals surface area contributed by atoms with Gasteiger partial charge in [0.1, 0.15) is 22.7 Å². The monoisotopic (exact) mass is 305 g/mol. The van der Waals surface area contributed by atoms with Crippen molar-refractivity contribution in [3.05, 3.63) is 54.4 Å². The first-order valence-corrected chi connectivity index (χ1v) is 7.49. The Kier molecular flexibility index (Phi) is 3.12. The molecule has 0 atom stereocenters. The molecule has 4 aromatic rings. The minimum Gasteiger partial charge on any atom is -0.506 e. The molecule has 23 heavy (non-hydrogen) atoms. The number of benzene rings is 2. The number of phenolic OH excluding ortho intramolecular Hbond substituents is 1. The molecule has 2 aromatic carbocycles. The van der Waals surface area contributed by atoms with Crippen LogP contribution >= 0.6 is 0 Å². The molecule has 2 N–H and O–H groups in total. The minimum atomic E-state index is 0.161. The van der Waals surface area contributed by atoms with Gasteiger partial charge in [-0.2, -0.15) is 0 Å². The van der Waals surface area contributed by atoms with Crippen LogP contribution in [0.5, 0.6) is 5.75 Å². The third-order valence-electron chi connectivity index (χ3n) is 3.74. The van der Waals surface area contributed by atoms with Crippen LogP contribution in [0.4, 0.5) is 11.5 Å². The summed E-state index contributed by atoms with van der Waals surface area (Å²) in [6.45, 7) is 2.01. The Labute approximate surface area is 132 Å². The summed E-state index contributed by atoms with van der Waals surface area (Å²) in [7, 11) is 0. The first-order chi connectivity index (χ1) is 11.3. The fraction of sp³-hybridized carbons (Fsp3) is 0.111. The van der Waals surface area contributed by atoms with Crippen molar-refractivity contribution in [2.24, 2.45) is 0 Å². The van der Waals surface area contributed by atoms with Gasteiger partial charge in [-0.25, -0.2) is 9.97 Å². The second-order valence-corrected chi connectivity index (χ2v) is 5.26. The Morgan fingerprint density at radius 1 is 1.04 bits per heavy atom.